The molecule has 5 heteroatoms. The van der Waals surface area contributed by atoms with E-state index in [2.05, 4.69) is 12.2 Å². The Labute approximate surface area is 127 Å². The molecule has 5 nitrogen and oxygen atoms in total. The maximum absolute atomic E-state index is 12.5. The molecule has 120 valence electrons. The highest BCUT2D eigenvalue weighted by Gasteiger charge is 2.37. The maximum Gasteiger partial charge on any atom is 0.326 e. The molecule has 1 aliphatic carbocycles. The fourth-order valence-electron chi connectivity index (χ4n) is 3.68. The molecule has 4 unspecified atom stereocenters. The van der Waals surface area contributed by atoms with Crippen LogP contribution in [0.5, 0.6) is 0 Å². The summed E-state index contributed by atoms with van der Waals surface area (Å²) in [7, 11) is 0. The first kappa shape index (κ1) is 16.1. The summed E-state index contributed by atoms with van der Waals surface area (Å²) in [6, 6.07) is -0.661. The summed E-state index contributed by atoms with van der Waals surface area (Å²) in [5.74, 6) is -0.128. The second-order valence-electron chi connectivity index (χ2n) is 6.86. The first-order valence-electron chi connectivity index (χ1n) is 8.29. The van der Waals surface area contributed by atoms with Gasteiger partial charge in [-0.25, -0.2) is 9.59 Å². The van der Waals surface area contributed by atoms with Crippen molar-refractivity contribution in [1.82, 2.24) is 10.2 Å². The number of carbonyl (C=O) groups is 2. The van der Waals surface area contributed by atoms with Crippen molar-refractivity contribution in [2.24, 2.45) is 11.8 Å². The molecular weight excluding hydrogens is 268 g/mol. The number of carbonyl (C=O) groups excluding carboxylic acids is 1. The highest BCUT2D eigenvalue weighted by Crippen LogP contribution is 2.25. The van der Waals surface area contributed by atoms with Gasteiger partial charge in [0.15, 0.2) is 0 Å². The van der Waals surface area contributed by atoms with Gasteiger partial charge in [-0.05, 0) is 43.9 Å². The van der Waals surface area contributed by atoms with Gasteiger partial charge in [-0.3, -0.25) is 0 Å². The zero-order chi connectivity index (χ0) is 15.4. The van der Waals surface area contributed by atoms with Gasteiger partial charge in [0, 0.05) is 12.6 Å². The van der Waals surface area contributed by atoms with Gasteiger partial charge >= 0.3 is 12.0 Å². The number of carboxylic acids is 1. The fraction of sp³-hybridized carbons (Fsp3) is 0.875. The van der Waals surface area contributed by atoms with Crippen LogP contribution in [-0.4, -0.2) is 40.6 Å². The smallest absolute Gasteiger partial charge is 0.326 e. The van der Waals surface area contributed by atoms with Crippen molar-refractivity contribution in [1.29, 1.82) is 0 Å². The van der Waals surface area contributed by atoms with Crippen LogP contribution in [0.2, 0.25) is 0 Å². The third-order valence-electron chi connectivity index (χ3n) is 5.03. The molecule has 4 atom stereocenters. The van der Waals surface area contributed by atoms with Crippen LogP contribution < -0.4 is 5.32 Å². The Morgan fingerprint density at radius 2 is 1.81 bits per heavy atom. The second-order valence-corrected chi connectivity index (χ2v) is 6.86. The third-order valence-corrected chi connectivity index (χ3v) is 5.03. The Morgan fingerprint density at radius 3 is 2.52 bits per heavy atom. The summed E-state index contributed by atoms with van der Waals surface area (Å²) in [6.07, 6.45) is 7.30. The molecule has 21 heavy (non-hydrogen) atoms. The number of rotatable bonds is 2. The fourth-order valence-corrected chi connectivity index (χ4v) is 3.68. The van der Waals surface area contributed by atoms with Gasteiger partial charge in [-0.15, -0.1) is 0 Å². The quantitative estimate of drug-likeness (QED) is 0.770. The largest absolute Gasteiger partial charge is 0.480 e. The van der Waals surface area contributed by atoms with Gasteiger partial charge in [-0.1, -0.05) is 26.7 Å². The van der Waals surface area contributed by atoms with Crippen molar-refractivity contribution in [3.05, 3.63) is 0 Å². The van der Waals surface area contributed by atoms with E-state index >= 15 is 0 Å². The number of hydrogen-bond acceptors (Lipinski definition) is 2. The van der Waals surface area contributed by atoms with Crippen LogP contribution in [0, 0.1) is 11.8 Å². The lowest BCUT2D eigenvalue weighted by Gasteiger charge is -2.38. The standard InChI is InChI=1S/C16H28N2O3/c1-11-5-3-7-13(9-8-11)17-16(21)18-10-4-6-12(2)14(18)15(19)20/h11-14H,3-10H2,1-2H3,(H,17,21)(H,19,20). The van der Waals surface area contributed by atoms with Crippen LogP contribution in [0.1, 0.15) is 58.8 Å². The minimum absolute atomic E-state index is 0.0242. The van der Waals surface area contributed by atoms with Crippen molar-refractivity contribution in [3.8, 4) is 0 Å². The van der Waals surface area contributed by atoms with Gasteiger partial charge in [0.2, 0.25) is 0 Å². The van der Waals surface area contributed by atoms with Crippen molar-refractivity contribution in [2.75, 3.05) is 6.54 Å². The van der Waals surface area contributed by atoms with E-state index in [1.54, 1.807) is 0 Å². The Hall–Kier alpha value is -1.26. The summed E-state index contributed by atoms with van der Waals surface area (Å²) in [6.45, 7) is 4.73. The number of carboxylic acid groups (broad SMARTS) is 1. The molecular formula is C16H28N2O3. The highest BCUT2D eigenvalue weighted by atomic mass is 16.4. The van der Waals surface area contributed by atoms with E-state index in [0.717, 1.165) is 44.4 Å². The molecule has 0 aromatic rings. The molecule has 1 heterocycles. The van der Waals surface area contributed by atoms with Gasteiger partial charge in [0.1, 0.15) is 6.04 Å². The van der Waals surface area contributed by atoms with Crippen molar-refractivity contribution in [3.63, 3.8) is 0 Å². The van der Waals surface area contributed by atoms with Crippen LogP contribution in [-0.2, 0) is 4.79 Å². The van der Waals surface area contributed by atoms with Crippen LogP contribution in [0.25, 0.3) is 0 Å². The van der Waals surface area contributed by atoms with Crippen molar-refractivity contribution < 1.29 is 14.7 Å². The molecule has 0 bridgehead atoms. The summed E-state index contributed by atoms with van der Waals surface area (Å²) >= 11 is 0. The summed E-state index contributed by atoms with van der Waals surface area (Å²) in [4.78, 5) is 25.5. The van der Waals surface area contributed by atoms with Gasteiger partial charge in [-0.2, -0.15) is 0 Å². The van der Waals surface area contributed by atoms with Crippen LogP contribution >= 0.6 is 0 Å². The van der Waals surface area contributed by atoms with Crippen LogP contribution in [0.15, 0.2) is 0 Å². The summed E-state index contributed by atoms with van der Waals surface area (Å²) < 4.78 is 0. The molecule has 1 aliphatic heterocycles. The van der Waals surface area contributed by atoms with Gasteiger partial charge < -0.3 is 15.3 Å². The number of hydrogen-bond donors (Lipinski definition) is 2. The van der Waals surface area contributed by atoms with Gasteiger partial charge in [0.05, 0.1) is 0 Å². The van der Waals surface area contributed by atoms with E-state index < -0.39 is 12.0 Å². The Bertz CT molecular complexity index is 386. The molecule has 0 spiro atoms. The Balaban J connectivity index is 1.96. The van der Waals surface area contributed by atoms with E-state index in [-0.39, 0.29) is 18.0 Å². The summed E-state index contributed by atoms with van der Waals surface area (Å²) in [5.41, 5.74) is 0. The molecule has 0 radical (unpaired) electrons. The predicted octanol–water partition coefficient (Wildman–Crippen LogP) is 2.85. The van der Waals surface area contributed by atoms with Crippen molar-refractivity contribution >= 4 is 12.0 Å². The van der Waals surface area contributed by atoms with E-state index in [0.29, 0.717) is 6.54 Å². The number of likely N-dealkylation sites (tertiary alicyclic amines) is 1. The maximum atomic E-state index is 12.5. The van der Waals surface area contributed by atoms with E-state index in [9.17, 15) is 14.7 Å². The van der Waals surface area contributed by atoms with Gasteiger partial charge in [0.25, 0.3) is 0 Å². The van der Waals surface area contributed by atoms with E-state index in [1.165, 1.54) is 11.3 Å². The van der Waals surface area contributed by atoms with Crippen molar-refractivity contribution in [2.45, 2.75) is 70.9 Å². The Morgan fingerprint density at radius 1 is 1.05 bits per heavy atom. The number of nitrogens with one attached hydrogen (secondary N) is 1. The third kappa shape index (κ3) is 4.11. The number of aliphatic carboxylic acids is 1. The minimum atomic E-state index is -0.883. The number of piperidine rings is 1. The first-order valence-corrected chi connectivity index (χ1v) is 8.29. The molecule has 1 saturated carbocycles. The van der Waals surface area contributed by atoms with Crippen LogP contribution in [0.4, 0.5) is 4.79 Å². The lowest BCUT2D eigenvalue weighted by molar-refractivity contribution is -0.145. The molecule has 2 aliphatic rings. The SMILES string of the molecule is CC1CCCC(NC(=O)N2CCCC(C)C2C(=O)O)CC1. The lowest BCUT2D eigenvalue weighted by Crippen LogP contribution is -2.56. The molecule has 0 aromatic heterocycles. The molecule has 1 saturated heterocycles. The molecule has 2 amide bonds. The molecule has 2 fully saturated rings. The van der Waals surface area contributed by atoms with Crippen LogP contribution in [0.3, 0.4) is 0 Å². The molecule has 0 aromatic carbocycles. The number of amides is 2. The Kier molecular flexibility index (Phi) is 5.48. The average molecular weight is 296 g/mol. The average Bonchev–Trinajstić information content (AvgIpc) is 2.63. The first-order chi connectivity index (χ1) is 9.99. The monoisotopic (exact) mass is 296 g/mol. The zero-order valence-electron chi connectivity index (χ0n) is 13.2. The zero-order valence-corrected chi connectivity index (χ0v) is 13.2. The van der Waals surface area contributed by atoms with E-state index in [4.69, 9.17) is 0 Å². The van der Waals surface area contributed by atoms with E-state index in [1.807, 2.05) is 6.92 Å². The minimum Gasteiger partial charge on any atom is -0.480 e. The topological polar surface area (TPSA) is 69.6 Å². The summed E-state index contributed by atoms with van der Waals surface area (Å²) in [5, 5.41) is 12.5. The molecule has 2 rings (SSSR count). The molecule has 2 N–H and O–H groups in total. The number of urea groups is 1. The normalized spacial score (nSPS) is 34.1. The number of nitrogens with zero attached hydrogens (tertiary/aromatic N) is 1. The predicted molar refractivity (Wildman–Crippen MR) is 81.1 cm³/mol. The highest BCUT2D eigenvalue weighted by molar-refractivity contribution is 5.83. The lowest BCUT2D eigenvalue weighted by atomic mass is 9.91. The second kappa shape index (κ2) is 7.14.